The molecule has 0 spiro atoms. The van der Waals surface area contributed by atoms with E-state index in [1.807, 2.05) is 0 Å². The van der Waals surface area contributed by atoms with E-state index in [-0.39, 0.29) is 17.7 Å². The minimum absolute atomic E-state index is 0.00751. The molecule has 0 radical (unpaired) electrons. The van der Waals surface area contributed by atoms with Gasteiger partial charge in [-0.3, -0.25) is 4.90 Å². The maximum atomic E-state index is 14.2. The molecule has 1 aliphatic heterocycles. The van der Waals surface area contributed by atoms with Crippen molar-refractivity contribution in [2.75, 3.05) is 6.54 Å². The molecular formula is C18H23F2N5. The molecule has 1 saturated heterocycles. The highest BCUT2D eigenvalue weighted by atomic mass is 19.1. The van der Waals surface area contributed by atoms with E-state index in [2.05, 4.69) is 20.3 Å². The lowest BCUT2D eigenvalue weighted by Gasteiger charge is -2.37. The van der Waals surface area contributed by atoms with Gasteiger partial charge in [-0.2, -0.15) is 4.80 Å². The zero-order valence-corrected chi connectivity index (χ0v) is 14.4. The van der Waals surface area contributed by atoms with Crippen LogP contribution in [0.3, 0.4) is 0 Å². The molecule has 7 heteroatoms. The second-order valence-corrected chi connectivity index (χ2v) is 7.20. The van der Waals surface area contributed by atoms with Crippen LogP contribution in [0.25, 0.3) is 0 Å². The number of aromatic nitrogens is 4. The van der Waals surface area contributed by atoms with Gasteiger partial charge in [-0.05, 0) is 68.5 Å². The fourth-order valence-electron chi connectivity index (χ4n) is 4.46. The van der Waals surface area contributed by atoms with Crippen molar-refractivity contribution in [1.29, 1.82) is 0 Å². The number of halogens is 2. The lowest BCUT2D eigenvalue weighted by molar-refractivity contribution is 0.132. The van der Waals surface area contributed by atoms with E-state index in [0.29, 0.717) is 17.5 Å². The van der Waals surface area contributed by atoms with Crippen molar-refractivity contribution in [2.45, 2.75) is 56.5 Å². The smallest absolute Gasteiger partial charge is 0.177 e. The normalized spacial score (nSPS) is 27.7. The number of hydrogen-bond acceptors (Lipinski definition) is 4. The van der Waals surface area contributed by atoms with E-state index in [1.54, 1.807) is 7.05 Å². The largest absolute Gasteiger partial charge is 0.293 e. The summed E-state index contributed by atoms with van der Waals surface area (Å²) in [5.41, 5.74) is 0.509. The van der Waals surface area contributed by atoms with Gasteiger partial charge in [0, 0.05) is 23.6 Å². The zero-order valence-electron chi connectivity index (χ0n) is 14.4. The second kappa shape index (κ2) is 6.78. The molecule has 2 fully saturated rings. The molecule has 1 aromatic heterocycles. The van der Waals surface area contributed by atoms with Crippen molar-refractivity contribution >= 4 is 0 Å². The zero-order chi connectivity index (χ0) is 17.4. The third kappa shape index (κ3) is 3.29. The van der Waals surface area contributed by atoms with Gasteiger partial charge in [0.25, 0.3) is 0 Å². The molecule has 2 heterocycles. The number of likely N-dealkylation sites (tertiary alicyclic amines) is 1. The lowest BCUT2D eigenvalue weighted by Crippen LogP contribution is -2.37. The Morgan fingerprint density at radius 1 is 1.08 bits per heavy atom. The van der Waals surface area contributed by atoms with Gasteiger partial charge in [-0.1, -0.05) is 0 Å². The molecule has 5 nitrogen and oxygen atoms in total. The Hall–Kier alpha value is -1.89. The van der Waals surface area contributed by atoms with E-state index in [4.69, 9.17) is 0 Å². The number of hydrogen-bond donors (Lipinski definition) is 0. The van der Waals surface area contributed by atoms with Crippen LogP contribution in [0.15, 0.2) is 18.2 Å². The Kier molecular flexibility index (Phi) is 4.50. The number of rotatable bonds is 3. The summed E-state index contributed by atoms with van der Waals surface area (Å²) in [6, 6.07) is 4.22. The van der Waals surface area contributed by atoms with Crippen LogP contribution < -0.4 is 0 Å². The van der Waals surface area contributed by atoms with Crippen molar-refractivity contribution in [3.05, 3.63) is 41.2 Å². The first-order chi connectivity index (χ1) is 12.1. The van der Waals surface area contributed by atoms with Crippen molar-refractivity contribution in [2.24, 2.45) is 7.05 Å². The third-order valence-electron chi connectivity index (χ3n) is 5.67. The molecule has 0 bridgehead atoms. The van der Waals surface area contributed by atoms with Crippen LogP contribution in [0.5, 0.6) is 0 Å². The van der Waals surface area contributed by atoms with E-state index in [0.717, 1.165) is 50.9 Å². The maximum Gasteiger partial charge on any atom is 0.177 e. The van der Waals surface area contributed by atoms with Gasteiger partial charge in [0.15, 0.2) is 5.82 Å². The molecule has 1 atom stereocenters. The van der Waals surface area contributed by atoms with Gasteiger partial charge in [0.1, 0.15) is 11.6 Å². The van der Waals surface area contributed by atoms with E-state index >= 15 is 0 Å². The molecule has 4 rings (SSSR count). The molecular weight excluding hydrogens is 324 g/mol. The Balaban J connectivity index is 1.46. The Labute approximate surface area is 146 Å². The summed E-state index contributed by atoms with van der Waals surface area (Å²) in [4.78, 5) is 3.89. The van der Waals surface area contributed by atoms with Gasteiger partial charge < -0.3 is 0 Å². The van der Waals surface area contributed by atoms with Crippen molar-refractivity contribution in [3.8, 4) is 0 Å². The van der Waals surface area contributed by atoms with Gasteiger partial charge in [-0.15, -0.1) is 10.2 Å². The summed E-state index contributed by atoms with van der Waals surface area (Å²) in [5, 5.41) is 12.4. The predicted octanol–water partition coefficient (Wildman–Crippen LogP) is 3.35. The number of benzene rings is 1. The van der Waals surface area contributed by atoms with Crippen LogP contribution in [0, 0.1) is 11.6 Å². The number of nitrogens with zero attached hydrogens (tertiary/aromatic N) is 5. The average Bonchev–Trinajstić information content (AvgIpc) is 3.26. The second-order valence-electron chi connectivity index (χ2n) is 7.20. The van der Waals surface area contributed by atoms with Crippen LogP contribution in [0.2, 0.25) is 0 Å². The summed E-state index contributed by atoms with van der Waals surface area (Å²) in [6.45, 7) is 0.958. The highest BCUT2D eigenvalue weighted by molar-refractivity contribution is 5.23. The molecule has 0 amide bonds. The summed E-state index contributed by atoms with van der Waals surface area (Å²) in [6.07, 6.45) is 6.04. The molecule has 0 unspecified atom stereocenters. The maximum absolute atomic E-state index is 14.2. The molecule has 1 aliphatic carbocycles. The minimum atomic E-state index is -0.360. The molecule has 2 aromatic rings. The minimum Gasteiger partial charge on any atom is -0.293 e. The molecule has 1 aromatic carbocycles. The predicted molar refractivity (Wildman–Crippen MR) is 88.8 cm³/mol. The van der Waals surface area contributed by atoms with E-state index in [1.165, 1.54) is 23.0 Å². The van der Waals surface area contributed by atoms with Crippen LogP contribution in [0.1, 0.15) is 61.9 Å². The van der Waals surface area contributed by atoms with Crippen molar-refractivity contribution in [1.82, 2.24) is 25.1 Å². The molecule has 2 aliphatic rings. The SMILES string of the molecule is Cn1nnc(C2CCC(N3CCC[C@@H]3c3cc(F)ccc3F)CC2)n1. The van der Waals surface area contributed by atoms with Gasteiger partial charge in [0.2, 0.25) is 0 Å². The first-order valence-corrected chi connectivity index (χ1v) is 9.06. The standard InChI is InChI=1S/C18H23F2N5/c1-24-22-18(21-23-24)12-4-7-14(8-5-12)25-10-2-3-17(25)15-11-13(19)6-9-16(15)20/h6,9,11-12,14,17H,2-5,7-8,10H2,1H3/t12?,14?,17-/m1/s1. The van der Waals surface area contributed by atoms with E-state index in [9.17, 15) is 8.78 Å². The summed E-state index contributed by atoms with van der Waals surface area (Å²) < 4.78 is 27.8. The molecule has 0 N–H and O–H groups in total. The van der Waals surface area contributed by atoms with Gasteiger partial charge >= 0.3 is 0 Å². The Morgan fingerprint density at radius 2 is 1.88 bits per heavy atom. The summed E-state index contributed by atoms with van der Waals surface area (Å²) in [5.74, 6) is 0.531. The summed E-state index contributed by atoms with van der Waals surface area (Å²) >= 11 is 0. The highest BCUT2D eigenvalue weighted by Gasteiger charge is 2.36. The van der Waals surface area contributed by atoms with Gasteiger partial charge in [0.05, 0.1) is 7.05 Å². The van der Waals surface area contributed by atoms with Gasteiger partial charge in [-0.25, -0.2) is 8.78 Å². The van der Waals surface area contributed by atoms with E-state index < -0.39 is 0 Å². The first-order valence-electron chi connectivity index (χ1n) is 9.06. The Morgan fingerprint density at radius 3 is 2.60 bits per heavy atom. The third-order valence-corrected chi connectivity index (χ3v) is 5.67. The summed E-state index contributed by atoms with van der Waals surface area (Å²) in [7, 11) is 1.78. The molecule has 1 saturated carbocycles. The topological polar surface area (TPSA) is 46.8 Å². The van der Waals surface area contributed by atoms with Crippen LogP contribution in [-0.4, -0.2) is 37.7 Å². The fourth-order valence-corrected chi connectivity index (χ4v) is 4.46. The highest BCUT2D eigenvalue weighted by Crippen LogP contribution is 2.41. The lowest BCUT2D eigenvalue weighted by atomic mass is 9.84. The fraction of sp³-hybridized carbons (Fsp3) is 0.611. The number of aryl methyl sites for hydroxylation is 1. The molecule has 25 heavy (non-hydrogen) atoms. The monoisotopic (exact) mass is 347 g/mol. The van der Waals surface area contributed by atoms with Crippen LogP contribution in [0.4, 0.5) is 8.78 Å². The number of tetrazole rings is 1. The Bertz CT molecular complexity index is 739. The van der Waals surface area contributed by atoms with Crippen LogP contribution in [-0.2, 0) is 7.05 Å². The van der Waals surface area contributed by atoms with Crippen LogP contribution >= 0.6 is 0 Å². The van der Waals surface area contributed by atoms with Crippen molar-refractivity contribution in [3.63, 3.8) is 0 Å². The molecule has 134 valence electrons. The van der Waals surface area contributed by atoms with Crippen molar-refractivity contribution < 1.29 is 8.78 Å². The quantitative estimate of drug-likeness (QED) is 0.854. The average molecular weight is 347 g/mol. The first kappa shape index (κ1) is 16.6.